The Morgan fingerprint density at radius 1 is 0.947 bits per heavy atom. The molecule has 11 heteroatoms. The summed E-state index contributed by atoms with van der Waals surface area (Å²) in [5.41, 5.74) is 1.62. The topological polar surface area (TPSA) is 150 Å². The van der Waals surface area contributed by atoms with Gasteiger partial charge in [-0.05, 0) is 55.4 Å². The van der Waals surface area contributed by atoms with Crippen LogP contribution in [0, 0.1) is 0 Å². The maximum Gasteiger partial charge on any atom is 1.00 e. The maximum absolute atomic E-state index is 12.7. The average Bonchev–Trinajstić information content (AvgIpc) is 2.90. The first-order valence-corrected chi connectivity index (χ1v) is 12.2. The van der Waals surface area contributed by atoms with Gasteiger partial charge in [-0.1, -0.05) is 42.8 Å². The molecule has 0 saturated heterocycles. The first-order valence-electron chi connectivity index (χ1n) is 12.2. The largest absolute Gasteiger partial charge is 1.00 e. The van der Waals surface area contributed by atoms with Crippen molar-refractivity contribution in [1.82, 2.24) is 20.9 Å². The Bertz CT molecular complexity index is 1020. The second-order valence-corrected chi connectivity index (χ2v) is 8.29. The fourth-order valence-electron chi connectivity index (χ4n) is 3.31. The van der Waals surface area contributed by atoms with Gasteiger partial charge >= 0.3 is 35.7 Å². The van der Waals surface area contributed by atoms with Crippen LogP contribution >= 0.6 is 0 Å². The van der Waals surface area contributed by atoms with Crippen molar-refractivity contribution in [2.75, 3.05) is 13.1 Å². The first-order chi connectivity index (χ1) is 17.9. The van der Waals surface area contributed by atoms with Gasteiger partial charge in [0.1, 0.15) is 12.6 Å². The zero-order valence-corrected chi connectivity index (χ0v) is 23.7. The quantitative estimate of drug-likeness (QED) is 0.138. The van der Waals surface area contributed by atoms with Crippen molar-refractivity contribution in [3.63, 3.8) is 0 Å². The number of rotatable bonds is 16. The van der Waals surface area contributed by atoms with Crippen LogP contribution in [0.4, 0.5) is 4.79 Å². The summed E-state index contributed by atoms with van der Waals surface area (Å²) in [4.78, 5) is 51.5. The molecule has 3 amide bonds. The van der Waals surface area contributed by atoms with Crippen LogP contribution < -0.4 is 50.6 Å². The number of hydrogen-bond acceptors (Lipinski definition) is 7. The average molecular weight is 533 g/mol. The van der Waals surface area contributed by atoms with Crippen LogP contribution in [0.3, 0.4) is 0 Å². The first kappa shape index (κ1) is 32.8. The molecule has 1 atom stereocenters. The molecule has 1 aromatic heterocycles. The van der Waals surface area contributed by atoms with E-state index >= 15 is 0 Å². The molecule has 0 radical (unpaired) electrons. The maximum atomic E-state index is 12.7. The molecule has 198 valence electrons. The van der Waals surface area contributed by atoms with Gasteiger partial charge in [0.25, 0.3) is 0 Å². The molecule has 3 N–H and O–H groups in total. The molecule has 38 heavy (non-hydrogen) atoms. The van der Waals surface area contributed by atoms with E-state index in [1.165, 1.54) is 6.08 Å². The number of amides is 3. The van der Waals surface area contributed by atoms with Crippen molar-refractivity contribution in [1.29, 1.82) is 0 Å². The minimum atomic E-state index is -1.09. The van der Waals surface area contributed by atoms with E-state index < -0.39 is 24.0 Å². The number of alkyl carbamates (subject to hydrolysis) is 1. The number of carbonyl (C=O) groups excluding carboxylic acids is 4. The van der Waals surface area contributed by atoms with Crippen LogP contribution in [-0.2, 0) is 25.7 Å². The molecule has 10 nitrogen and oxygen atoms in total. The number of hydrogen-bond donors (Lipinski definition) is 3. The Hall–Kier alpha value is -3.21. The van der Waals surface area contributed by atoms with Crippen molar-refractivity contribution in [2.24, 2.45) is 0 Å². The second kappa shape index (κ2) is 19.8. The number of carbonyl (C=O) groups is 4. The van der Waals surface area contributed by atoms with Crippen LogP contribution in [0.2, 0.25) is 0 Å². The Kier molecular flexibility index (Phi) is 17.1. The van der Waals surface area contributed by atoms with E-state index in [2.05, 4.69) is 20.9 Å². The summed E-state index contributed by atoms with van der Waals surface area (Å²) in [5, 5.41) is 18.6. The minimum Gasteiger partial charge on any atom is -0.550 e. The third-order valence-electron chi connectivity index (χ3n) is 5.25. The van der Waals surface area contributed by atoms with Gasteiger partial charge in [-0.25, -0.2) is 4.79 Å². The number of aromatic nitrogens is 1. The van der Waals surface area contributed by atoms with E-state index in [1.807, 2.05) is 30.3 Å². The number of benzene rings is 1. The molecule has 1 heterocycles. The summed E-state index contributed by atoms with van der Waals surface area (Å²) in [7, 11) is 0. The third-order valence-corrected chi connectivity index (χ3v) is 5.25. The number of carboxylic acids is 1. The summed E-state index contributed by atoms with van der Waals surface area (Å²) in [5.74, 6) is -1.88. The molecule has 0 aliphatic heterocycles. The molecule has 0 fully saturated rings. The molecule has 0 saturated carbocycles. The SMILES string of the molecule is O=C([O-])CCCCCNC(=O)[C@H](CCCNC(=O)OCc1ccccc1)NC(=O)C=Cc1cccnc1.[Na+]. The van der Waals surface area contributed by atoms with Gasteiger partial charge < -0.3 is 30.6 Å². The van der Waals surface area contributed by atoms with Gasteiger partial charge in [-0.15, -0.1) is 0 Å². The third kappa shape index (κ3) is 15.1. The van der Waals surface area contributed by atoms with Gasteiger partial charge in [0.15, 0.2) is 0 Å². The number of aliphatic carboxylic acids is 1. The van der Waals surface area contributed by atoms with Crippen molar-refractivity contribution < 1.29 is 58.6 Å². The van der Waals surface area contributed by atoms with E-state index in [0.29, 0.717) is 38.6 Å². The molecular formula is C27H33N4NaO6. The zero-order valence-electron chi connectivity index (χ0n) is 21.7. The summed E-state index contributed by atoms with van der Waals surface area (Å²) < 4.78 is 5.17. The Morgan fingerprint density at radius 3 is 2.42 bits per heavy atom. The summed E-state index contributed by atoms with van der Waals surface area (Å²) in [6.45, 7) is 0.774. The van der Waals surface area contributed by atoms with Crippen LogP contribution in [0.1, 0.15) is 49.7 Å². The monoisotopic (exact) mass is 532 g/mol. The minimum absolute atomic E-state index is 0. The molecule has 1 aromatic carbocycles. The van der Waals surface area contributed by atoms with Gasteiger partial charge in [0, 0.05) is 37.5 Å². The van der Waals surface area contributed by atoms with E-state index in [0.717, 1.165) is 11.1 Å². The molecule has 0 unspecified atom stereocenters. The smallest absolute Gasteiger partial charge is 0.550 e. The zero-order chi connectivity index (χ0) is 26.7. The van der Waals surface area contributed by atoms with Crippen LogP contribution in [0.15, 0.2) is 60.9 Å². The predicted octanol–water partition coefficient (Wildman–Crippen LogP) is -1.28. The van der Waals surface area contributed by atoms with Crippen LogP contribution in [0.25, 0.3) is 6.08 Å². The molecule has 0 spiro atoms. The Morgan fingerprint density at radius 2 is 1.71 bits per heavy atom. The fourth-order valence-corrected chi connectivity index (χ4v) is 3.31. The number of nitrogens with zero attached hydrogens (tertiary/aromatic N) is 1. The van der Waals surface area contributed by atoms with Crippen molar-refractivity contribution in [3.8, 4) is 0 Å². The number of ether oxygens (including phenoxy) is 1. The van der Waals surface area contributed by atoms with Crippen molar-refractivity contribution in [2.45, 2.75) is 51.2 Å². The summed E-state index contributed by atoms with van der Waals surface area (Å²) >= 11 is 0. The van der Waals surface area contributed by atoms with Gasteiger partial charge in [0.05, 0.1) is 0 Å². The Balaban J connectivity index is 0.00000722. The van der Waals surface area contributed by atoms with E-state index in [1.54, 1.807) is 30.6 Å². The number of pyridine rings is 1. The Labute approximate surface area is 244 Å². The van der Waals surface area contributed by atoms with Gasteiger partial charge in [0.2, 0.25) is 11.8 Å². The van der Waals surface area contributed by atoms with Crippen LogP contribution in [-0.4, -0.2) is 48.0 Å². The predicted molar refractivity (Wildman–Crippen MR) is 136 cm³/mol. The number of nitrogens with one attached hydrogen (secondary N) is 3. The molecule has 0 aliphatic carbocycles. The standard InChI is InChI=1S/C27H34N4O6.Na/c32-24(15-14-21-11-7-16-28-19-21)31-23(26(35)29-17-6-2-5-13-25(33)34)12-8-18-30-27(36)37-20-22-9-3-1-4-10-22;/h1,3-4,7,9-11,14-16,19,23H,2,5-6,8,12-13,17-18,20H2,(H,29,35)(H,30,36)(H,31,32)(H,33,34);/q;+1/p-1/t23-;/m0./s1. The van der Waals surface area contributed by atoms with E-state index in [9.17, 15) is 24.3 Å². The summed E-state index contributed by atoms with van der Waals surface area (Å²) in [6, 6.07) is 12.0. The van der Waals surface area contributed by atoms with Crippen LogP contribution in [0.5, 0.6) is 0 Å². The van der Waals surface area contributed by atoms with Gasteiger partial charge in [-0.3, -0.25) is 14.6 Å². The molecule has 2 aromatic rings. The molecule has 2 rings (SSSR count). The fraction of sp³-hybridized carbons (Fsp3) is 0.370. The normalized spacial score (nSPS) is 11.2. The molecule has 0 aliphatic rings. The summed E-state index contributed by atoms with van der Waals surface area (Å²) in [6.07, 6.45) is 8.01. The van der Waals surface area contributed by atoms with E-state index in [-0.39, 0.29) is 55.0 Å². The molecule has 0 bridgehead atoms. The number of unbranched alkanes of at least 4 members (excludes halogenated alkanes) is 2. The number of carboxylic acid groups (broad SMARTS) is 1. The van der Waals surface area contributed by atoms with Crippen molar-refractivity contribution >= 4 is 30.0 Å². The van der Waals surface area contributed by atoms with Gasteiger partial charge in [-0.2, -0.15) is 0 Å². The van der Waals surface area contributed by atoms with Crippen molar-refractivity contribution in [3.05, 3.63) is 72.1 Å². The van der Waals surface area contributed by atoms with E-state index in [4.69, 9.17) is 4.74 Å². The second-order valence-electron chi connectivity index (χ2n) is 8.29. The molecular weight excluding hydrogens is 499 g/mol.